The summed E-state index contributed by atoms with van der Waals surface area (Å²) < 4.78 is 2.47. The maximum atomic E-state index is 6.06. The molecule has 0 aliphatic carbocycles. The van der Waals surface area contributed by atoms with Gasteiger partial charge in [0.2, 0.25) is 0 Å². The smallest absolute Gasteiger partial charge is 0.254 e. The molecule has 1 heterocycles. The van der Waals surface area contributed by atoms with Crippen LogP contribution in [0, 0.1) is 34.6 Å². The van der Waals surface area contributed by atoms with E-state index in [2.05, 4.69) is 111 Å². The number of hydrogen-bond donors (Lipinski definition) is 2. The van der Waals surface area contributed by atoms with E-state index in [1.807, 2.05) is 6.08 Å². The lowest BCUT2D eigenvalue weighted by atomic mass is 10.0. The van der Waals surface area contributed by atoms with Gasteiger partial charge in [0.25, 0.3) is 5.84 Å². The summed E-state index contributed by atoms with van der Waals surface area (Å²) in [4.78, 5) is 2.47. The monoisotopic (exact) mass is 479 g/mol. The fraction of sp³-hybridized carbons (Fsp3) is 0.281. The minimum atomic E-state index is 0.712. The molecule has 0 bridgehead atoms. The van der Waals surface area contributed by atoms with Crippen LogP contribution in [0.3, 0.4) is 0 Å². The van der Waals surface area contributed by atoms with E-state index in [1.54, 1.807) is 6.20 Å². The van der Waals surface area contributed by atoms with Crippen LogP contribution in [-0.4, -0.2) is 23.5 Å². The van der Waals surface area contributed by atoms with Crippen molar-refractivity contribution >= 4 is 29.0 Å². The number of nitrogens with one attached hydrogen (secondary N) is 1. The van der Waals surface area contributed by atoms with Gasteiger partial charge in [-0.1, -0.05) is 54.6 Å². The van der Waals surface area contributed by atoms with E-state index in [1.165, 1.54) is 50.6 Å². The van der Waals surface area contributed by atoms with Gasteiger partial charge in [0.05, 0.1) is 5.70 Å². The molecule has 1 aliphatic rings. The van der Waals surface area contributed by atoms with Gasteiger partial charge in [-0.2, -0.15) is 0 Å². The summed E-state index contributed by atoms with van der Waals surface area (Å²) >= 11 is 0. The third kappa shape index (κ3) is 4.94. The van der Waals surface area contributed by atoms with Crippen molar-refractivity contribution < 1.29 is 4.58 Å². The Bertz CT molecular complexity index is 1310. The summed E-state index contributed by atoms with van der Waals surface area (Å²) in [5.41, 5.74) is 19.5. The van der Waals surface area contributed by atoms with E-state index in [-0.39, 0.29) is 0 Å². The Kier molecular flexibility index (Phi) is 7.35. The van der Waals surface area contributed by atoms with Gasteiger partial charge in [-0.05, 0) is 85.7 Å². The number of aryl methyl sites for hydroxylation is 5. The van der Waals surface area contributed by atoms with Crippen LogP contribution in [0.15, 0.2) is 61.3 Å². The summed E-state index contributed by atoms with van der Waals surface area (Å²) in [6.07, 6.45) is 3.53. The van der Waals surface area contributed by atoms with Crippen molar-refractivity contribution in [1.82, 2.24) is 5.32 Å². The van der Waals surface area contributed by atoms with Crippen LogP contribution in [-0.2, 0) is 6.54 Å². The summed E-state index contributed by atoms with van der Waals surface area (Å²) in [5, 5.41) is 3.52. The molecule has 4 heteroatoms. The molecule has 0 aromatic heterocycles. The molecule has 0 saturated carbocycles. The molecule has 0 saturated heterocycles. The van der Waals surface area contributed by atoms with E-state index >= 15 is 0 Å². The predicted molar refractivity (Wildman–Crippen MR) is 155 cm³/mol. The molecule has 0 fully saturated rings. The molecular weight excluding hydrogens is 440 g/mol. The average molecular weight is 480 g/mol. The largest absolute Gasteiger partial charge is 0.403 e. The standard InChI is InChI=1S/C32H39N4/c1-8-27-9-11-28(12-10-27)20-34-30(19-33)29-17-24(5)32(25(6)18-29)36-14-13-35(26(36)7)31-22(3)15-21(2)16-23(31)4/h8-12,15-19,34H,1,13-14,20,33H2,2-7H3/q+1/b30-19-. The van der Waals surface area contributed by atoms with Crippen LogP contribution in [0.5, 0.6) is 0 Å². The number of benzene rings is 3. The summed E-state index contributed by atoms with van der Waals surface area (Å²) in [7, 11) is 0. The fourth-order valence-corrected chi connectivity index (χ4v) is 5.58. The molecule has 0 amide bonds. The maximum absolute atomic E-state index is 6.06. The highest BCUT2D eigenvalue weighted by Gasteiger charge is 2.33. The molecule has 4 nitrogen and oxygen atoms in total. The van der Waals surface area contributed by atoms with E-state index < -0.39 is 0 Å². The lowest BCUT2D eigenvalue weighted by molar-refractivity contribution is -0.430. The first kappa shape index (κ1) is 25.3. The number of nitrogens with two attached hydrogens (primary N) is 1. The molecule has 186 valence electrons. The molecule has 0 radical (unpaired) electrons. The summed E-state index contributed by atoms with van der Waals surface area (Å²) in [5.74, 6) is 1.28. The fourth-order valence-electron chi connectivity index (χ4n) is 5.58. The zero-order valence-corrected chi connectivity index (χ0v) is 22.6. The molecule has 3 N–H and O–H groups in total. The third-order valence-corrected chi connectivity index (χ3v) is 7.17. The number of nitrogens with zero attached hydrogens (tertiary/aromatic N) is 2. The van der Waals surface area contributed by atoms with E-state index in [0.29, 0.717) is 6.54 Å². The Balaban J connectivity index is 1.61. The molecule has 36 heavy (non-hydrogen) atoms. The van der Waals surface area contributed by atoms with Crippen molar-refractivity contribution in [3.63, 3.8) is 0 Å². The lowest BCUT2D eigenvalue weighted by Crippen LogP contribution is -2.27. The van der Waals surface area contributed by atoms with E-state index in [4.69, 9.17) is 5.73 Å². The van der Waals surface area contributed by atoms with Gasteiger partial charge in [-0.15, -0.1) is 0 Å². The van der Waals surface area contributed by atoms with Gasteiger partial charge in [-0.3, -0.25) is 0 Å². The van der Waals surface area contributed by atoms with Crippen molar-refractivity contribution in [1.29, 1.82) is 0 Å². The Morgan fingerprint density at radius 3 is 2.11 bits per heavy atom. The first-order chi connectivity index (χ1) is 17.2. The zero-order valence-electron chi connectivity index (χ0n) is 22.6. The second kappa shape index (κ2) is 10.4. The second-order valence-electron chi connectivity index (χ2n) is 9.94. The molecule has 3 aromatic rings. The van der Waals surface area contributed by atoms with Crippen molar-refractivity contribution in [2.45, 2.75) is 48.1 Å². The van der Waals surface area contributed by atoms with Gasteiger partial charge in [0, 0.05) is 19.7 Å². The van der Waals surface area contributed by atoms with Crippen LogP contribution in [0.2, 0.25) is 0 Å². The Morgan fingerprint density at radius 2 is 1.56 bits per heavy atom. The quantitative estimate of drug-likeness (QED) is 0.380. The first-order valence-electron chi connectivity index (χ1n) is 12.7. The Labute approximate surface area is 216 Å². The highest BCUT2D eigenvalue weighted by atomic mass is 15.3. The van der Waals surface area contributed by atoms with Crippen molar-refractivity contribution in [2.24, 2.45) is 5.73 Å². The number of anilines is 1. The van der Waals surface area contributed by atoms with Gasteiger partial charge in [-0.25, -0.2) is 9.48 Å². The van der Waals surface area contributed by atoms with Crippen LogP contribution >= 0.6 is 0 Å². The normalized spacial score (nSPS) is 13.9. The predicted octanol–water partition coefficient (Wildman–Crippen LogP) is 6.50. The minimum absolute atomic E-state index is 0.712. The van der Waals surface area contributed by atoms with Crippen LogP contribution in [0.1, 0.15) is 51.4 Å². The highest BCUT2D eigenvalue weighted by Crippen LogP contribution is 2.33. The molecule has 1 aliphatic heterocycles. The lowest BCUT2D eigenvalue weighted by Gasteiger charge is -2.18. The number of rotatable bonds is 7. The van der Waals surface area contributed by atoms with E-state index in [0.717, 1.165) is 29.9 Å². The van der Waals surface area contributed by atoms with Crippen LogP contribution in [0.25, 0.3) is 11.8 Å². The molecule has 0 atom stereocenters. The highest BCUT2D eigenvalue weighted by molar-refractivity contribution is 5.96. The molecule has 0 unspecified atom stereocenters. The van der Waals surface area contributed by atoms with Crippen LogP contribution < -0.4 is 16.0 Å². The SMILES string of the molecule is C=Cc1ccc(CN/C(=C\N)c2cc(C)c([N+]3=C(C)N(c4c(C)cc(C)cc4C)CC3)c(C)c2)cc1. The molecule has 3 aromatic carbocycles. The number of hydrogen-bond acceptors (Lipinski definition) is 3. The van der Waals surface area contributed by atoms with Crippen LogP contribution in [0.4, 0.5) is 11.4 Å². The van der Waals surface area contributed by atoms with Crippen molar-refractivity contribution in [2.75, 3.05) is 18.0 Å². The van der Waals surface area contributed by atoms with Crippen molar-refractivity contribution in [3.05, 3.63) is 106 Å². The minimum Gasteiger partial charge on any atom is -0.403 e. The van der Waals surface area contributed by atoms with Gasteiger partial charge < -0.3 is 11.1 Å². The average Bonchev–Trinajstić information content (AvgIpc) is 3.19. The molecule has 4 rings (SSSR count). The zero-order chi connectivity index (χ0) is 26.0. The molecular formula is C32H39N4+. The second-order valence-corrected chi connectivity index (χ2v) is 9.94. The molecule has 0 spiro atoms. The maximum Gasteiger partial charge on any atom is 0.254 e. The van der Waals surface area contributed by atoms with Crippen molar-refractivity contribution in [3.8, 4) is 0 Å². The topological polar surface area (TPSA) is 44.3 Å². The Hall–Kier alpha value is -3.79. The summed E-state index contributed by atoms with van der Waals surface area (Å²) in [6.45, 7) is 19.7. The van der Waals surface area contributed by atoms with Gasteiger partial charge in [0.15, 0.2) is 0 Å². The summed E-state index contributed by atoms with van der Waals surface area (Å²) in [6, 6.07) is 17.4. The van der Waals surface area contributed by atoms with E-state index in [9.17, 15) is 0 Å². The van der Waals surface area contributed by atoms with Gasteiger partial charge >= 0.3 is 0 Å². The first-order valence-corrected chi connectivity index (χ1v) is 12.7. The van der Waals surface area contributed by atoms with Gasteiger partial charge in [0.1, 0.15) is 24.5 Å². The number of amidine groups is 1. The third-order valence-electron chi connectivity index (χ3n) is 7.17. The Morgan fingerprint density at radius 1 is 0.944 bits per heavy atom.